The van der Waals surface area contributed by atoms with E-state index in [4.69, 9.17) is 9.78 Å². The second kappa shape index (κ2) is 10.7. The van der Waals surface area contributed by atoms with Crippen molar-refractivity contribution in [3.05, 3.63) is 136 Å². The minimum absolute atomic E-state index is 0.517. The van der Waals surface area contributed by atoms with Crippen molar-refractivity contribution in [2.75, 3.05) is 6.61 Å². The maximum absolute atomic E-state index is 5.73. The first-order valence-corrected chi connectivity index (χ1v) is 11.6. The lowest BCUT2D eigenvalue weighted by Gasteiger charge is -2.14. The standard InChI is InChI=1S/C32H26O2/c1-4-10-25(11-5-1)16-19-29-28-22-23-33-34-32(24-28)31(21-18-27-14-8-3-9-15-27)30(29)20-17-26-12-6-2-7-13-26/h1-21,24H,22-23H2. The fourth-order valence-corrected chi connectivity index (χ4v) is 4.08. The van der Waals surface area contributed by atoms with E-state index in [9.17, 15) is 0 Å². The zero-order chi connectivity index (χ0) is 23.0. The zero-order valence-electron chi connectivity index (χ0n) is 18.9. The van der Waals surface area contributed by atoms with Crippen LogP contribution >= 0.6 is 0 Å². The van der Waals surface area contributed by atoms with Gasteiger partial charge in [0.2, 0.25) is 0 Å². The minimum Gasteiger partial charge on any atom is -0.337 e. The van der Waals surface area contributed by atoms with Gasteiger partial charge in [-0.1, -0.05) is 121 Å². The fourth-order valence-electron chi connectivity index (χ4n) is 4.08. The molecule has 1 heterocycles. The summed E-state index contributed by atoms with van der Waals surface area (Å²) in [7, 11) is 0. The third-order valence-electron chi connectivity index (χ3n) is 5.83. The zero-order valence-corrected chi connectivity index (χ0v) is 18.9. The van der Waals surface area contributed by atoms with Gasteiger partial charge in [-0.05, 0) is 45.5 Å². The number of rotatable bonds is 6. The van der Waals surface area contributed by atoms with Crippen LogP contribution in [0.4, 0.5) is 0 Å². The maximum Gasteiger partial charge on any atom is 0.173 e. The first kappa shape index (κ1) is 21.7. The van der Waals surface area contributed by atoms with E-state index in [1.165, 1.54) is 16.7 Å². The van der Waals surface area contributed by atoms with Crippen LogP contribution < -0.4 is 4.89 Å². The summed E-state index contributed by atoms with van der Waals surface area (Å²) in [6, 6.07) is 33.2. The van der Waals surface area contributed by atoms with Crippen molar-refractivity contribution in [2.45, 2.75) is 6.42 Å². The molecule has 34 heavy (non-hydrogen) atoms. The van der Waals surface area contributed by atoms with Crippen molar-refractivity contribution in [3.63, 3.8) is 0 Å². The summed E-state index contributed by atoms with van der Waals surface area (Å²) >= 11 is 0. The van der Waals surface area contributed by atoms with Crippen LogP contribution in [-0.2, 0) is 11.3 Å². The van der Waals surface area contributed by atoms with Crippen LogP contribution in [0.5, 0.6) is 5.75 Å². The number of fused-ring (bicyclic) bond motifs is 2. The van der Waals surface area contributed by atoms with E-state index in [0.29, 0.717) is 6.61 Å². The summed E-state index contributed by atoms with van der Waals surface area (Å²) < 4.78 is 0. The molecule has 0 fully saturated rings. The second-order valence-corrected chi connectivity index (χ2v) is 8.16. The van der Waals surface area contributed by atoms with Crippen molar-refractivity contribution in [1.29, 1.82) is 0 Å². The molecule has 0 spiro atoms. The SMILES string of the molecule is C(=Cc1c2cc(c(C=Cc3ccccc3)c1C=Cc1ccccc1)OOCC2)c1ccccc1. The third kappa shape index (κ3) is 5.25. The van der Waals surface area contributed by atoms with Crippen LogP contribution in [0, 0.1) is 0 Å². The summed E-state index contributed by atoms with van der Waals surface area (Å²) in [5.41, 5.74) is 7.95. The average Bonchev–Trinajstić information content (AvgIpc) is 3.12. The van der Waals surface area contributed by atoms with Crippen LogP contribution in [0.1, 0.15) is 38.9 Å². The van der Waals surface area contributed by atoms with Crippen LogP contribution in [-0.4, -0.2) is 6.61 Å². The number of hydrogen-bond acceptors (Lipinski definition) is 2. The van der Waals surface area contributed by atoms with E-state index in [2.05, 4.69) is 103 Å². The van der Waals surface area contributed by atoms with E-state index in [1.54, 1.807) is 0 Å². The molecule has 2 heteroatoms. The van der Waals surface area contributed by atoms with Crippen LogP contribution in [0.2, 0.25) is 0 Å². The maximum atomic E-state index is 5.73. The van der Waals surface area contributed by atoms with Gasteiger partial charge in [0.05, 0.1) is 6.61 Å². The molecule has 0 atom stereocenters. The van der Waals surface area contributed by atoms with Crippen molar-refractivity contribution in [2.24, 2.45) is 0 Å². The predicted molar refractivity (Wildman–Crippen MR) is 143 cm³/mol. The number of benzene rings is 4. The molecule has 0 saturated carbocycles. The minimum atomic E-state index is 0.517. The Labute approximate surface area is 201 Å². The van der Waals surface area contributed by atoms with Gasteiger partial charge in [0, 0.05) is 12.0 Å². The Kier molecular flexibility index (Phi) is 6.80. The van der Waals surface area contributed by atoms with Gasteiger partial charge in [0.25, 0.3) is 0 Å². The Bertz CT molecular complexity index is 1240. The highest BCUT2D eigenvalue weighted by atomic mass is 17.2. The molecule has 0 unspecified atom stereocenters. The fraction of sp³-hybridized carbons (Fsp3) is 0.0625. The van der Waals surface area contributed by atoms with Gasteiger partial charge in [0.1, 0.15) is 0 Å². The molecule has 1 aliphatic heterocycles. The summed E-state index contributed by atoms with van der Waals surface area (Å²) in [5, 5.41) is 0. The molecule has 4 aromatic carbocycles. The molecule has 1 aliphatic rings. The summed E-state index contributed by atoms with van der Waals surface area (Å²) in [6.07, 6.45) is 13.7. The Hall–Kier alpha value is -4.14. The van der Waals surface area contributed by atoms with Gasteiger partial charge in [-0.15, -0.1) is 0 Å². The van der Waals surface area contributed by atoms with Gasteiger partial charge in [-0.25, -0.2) is 0 Å². The predicted octanol–water partition coefficient (Wildman–Crippen LogP) is 8.06. The molecule has 2 nitrogen and oxygen atoms in total. The Morgan fingerprint density at radius 3 is 1.50 bits per heavy atom. The monoisotopic (exact) mass is 442 g/mol. The van der Waals surface area contributed by atoms with Crippen LogP contribution in [0.15, 0.2) is 97.1 Å². The lowest BCUT2D eigenvalue weighted by molar-refractivity contribution is -0.203. The molecule has 2 bridgehead atoms. The normalized spacial score (nSPS) is 13.4. The average molecular weight is 443 g/mol. The lowest BCUT2D eigenvalue weighted by atomic mass is 9.91. The van der Waals surface area contributed by atoms with E-state index in [1.807, 2.05) is 30.3 Å². The molecule has 4 aromatic rings. The molecule has 5 rings (SSSR count). The van der Waals surface area contributed by atoms with Crippen LogP contribution in [0.25, 0.3) is 36.5 Å². The molecule has 0 radical (unpaired) electrons. The van der Waals surface area contributed by atoms with Crippen molar-refractivity contribution in [1.82, 2.24) is 0 Å². The van der Waals surface area contributed by atoms with Crippen molar-refractivity contribution in [3.8, 4) is 5.75 Å². The highest BCUT2D eigenvalue weighted by Gasteiger charge is 2.18. The highest BCUT2D eigenvalue weighted by Crippen LogP contribution is 2.35. The molecule has 0 aliphatic carbocycles. The first-order valence-electron chi connectivity index (χ1n) is 11.6. The van der Waals surface area contributed by atoms with Crippen LogP contribution in [0.3, 0.4) is 0 Å². The highest BCUT2D eigenvalue weighted by molar-refractivity contribution is 5.89. The lowest BCUT2D eigenvalue weighted by Crippen LogP contribution is -1.97. The largest absolute Gasteiger partial charge is 0.337 e. The molecule has 166 valence electrons. The van der Waals surface area contributed by atoms with E-state index in [-0.39, 0.29) is 0 Å². The molecule has 0 N–H and O–H groups in total. The van der Waals surface area contributed by atoms with Gasteiger partial charge >= 0.3 is 0 Å². The van der Waals surface area contributed by atoms with Crippen molar-refractivity contribution >= 4 is 36.5 Å². The first-order chi connectivity index (χ1) is 16.9. The summed E-state index contributed by atoms with van der Waals surface area (Å²) in [4.78, 5) is 11.2. The Balaban J connectivity index is 1.66. The second-order valence-electron chi connectivity index (χ2n) is 8.16. The Morgan fingerprint density at radius 1 is 0.500 bits per heavy atom. The molecule has 0 aromatic heterocycles. The van der Waals surface area contributed by atoms with Gasteiger partial charge in [-0.2, -0.15) is 4.89 Å². The summed E-state index contributed by atoms with van der Waals surface area (Å²) in [6.45, 7) is 0.517. The van der Waals surface area contributed by atoms with E-state index < -0.39 is 0 Å². The van der Waals surface area contributed by atoms with Gasteiger partial charge in [-0.3, -0.25) is 0 Å². The number of hydrogen-bond donors (Lipinski definition) is 0. The summed E-state index contributed by atoms with van der Waals surface area (Å²) in [5.74, 6) is 0.740. The third-order valence-corrected chi connectivity index (χ3v) is 5.83. The Morgan fingerprint density at radius 2 is 0.971 bits per heavy atom. The van der Waals surface area contributed by atoms with E-state index in [0.717, 1.165) is 34.4 Å². The molecular weight excluding hydrogens is 416 g/mol. The molecule has 0 saturated heterocycles. The molecular formula is C32H26O2. The smallest absolute Gasteiger partial charge is 0.173 e. The molecule has 0 amide bonds. The van der Waals surface area contributed by atoms with Crippen molar-refractivity contribution < 1.29 is 9.78 Å². The van der Waals surface area contributed by atoms with Gasteiger partial charge < -0.3 is 4.89 Å². The van der Waals surface area contributed by atoms with E-state index >= 15 is 0 Å². The quantitative estimate of drug-likeness (QED) is 0.222. The van der Waals surface area contributed by atoms with Gasteiger partial charge in [0.15, 0.2) is 5.75 Å². The topological polar surface area (TPSA) is 18.5 Å².